The van der Waals surface area contributed by atoms with Crippen LogP contribution in [-0.2, 0) is 6.54 Å². The lowest BCUT2D eigenvalue weighted by Gasteiger charge is -2.14. The topological polar surface area (TPSA) is 57.9 Å². The van der Waals surface area contributed by atoms with E-state index >= 15 is 0 Å². The molecule has 0 bridgehead atoms. The largest absolute Gasteiger partial charge is 0.382 e. The molecule has 1 fully saturated rings. The van der Waals surface area contributed by atoms with Crippen LogP contribution in [0.4, 0.5) is 5.82 Å². The van der Waals surface area contributed by atoms with E-state index in [0.29, 0.717) is 5.82 Å². The minimum atomic E-state index is 0.533. The number of benzene rings is 1. The van der Waals surface area contributed by atoms with Gasteiger partial charge < -0.3 is 5.73 Å². The van der Waals surface area contributed by atoms with Gasteiger partial charge in [-0.25, -0.2) is 0 Å². The van der Waals surface area contributed by atoms with Crippen molar-refractivity contribution < 1.29 is 0 Å². The van der Waals surface area contributed by atoms with E-state index in [9.17, 15) is 0 Å². The van der Waals surface area contributed by atoms with Gasteiger partial charge in [0.25, 0.3) is 0 Å². The van der Waals surface area contributed by atoms with Crippen LogP contribution in [0.1, 0.15) is 18.4 Å². The zero-order valence-corrected chi connectivity index (χ0v) is 10.4. The molecule has 0 spiro atoms. The Morgan fingerprint density at radius 1 is 1.17 bits per heavy atom. The number of anilines is 1. The minimum absolute atomic E-state index is 0.533. The van der Waals surface area contributed by atoms with Crippen molar-refractivity contribution in [3.8, 4) is 11.3 Å². The maximum Gasteiger partial charge on any atom is 0.145 e. The predicted octanol–water partition coefficient (Wildman–Crippen LogP) is 2.25. The summed E-state index contributed by atoms with van der Waals surface area (Å²) in [5.74, 6) is 0.533. The Morgan fingerprint density at radius 3 is 2.50 bits per heavy atom. The summed E-state index contributed by atoms with van der Waals surface area (Å²) in [5.41, 5.74) is 9.08. The number of H-pyrrole nitrogens is 1. The maximum absolute atomic E-state index is 5.61. The van der Waals surface area contributed by atoms with Crippen molar-refractivity contribution in [3.05, 3.63) is 35.9 Å². The van der Waals surface area contributed by atoms with Crippen LogP contribution in [-0.4, -0.2) is 28.2 Å². The lowest BCUT2D eigenvalue weighted by Crippen LogP contribution is -2.18. The summed E-state index contributed by atoms with van der Waals surface area (Å²) in [7, 11) is 0. The highest BCUT2D eigenvalue weighted by molar-refractivity contribution is 5.62. The zero-order valence-electron chi connectivity index (χ0n) is 10.4. The highest BCUT2D eigenvalue weighted by Crippen LogP contribution is 2.20. The third kappa shape index (κ3) is 2.38. The van der Waals surface area contributed by atoms with Gasteiger partial charge in [0.2, 0.25) is 0 Å². The predicted molar refractivity (Wildman–Crippen MR) is 72.9 cm³/mol. The van der Waals surface area contributed by atoms with Crippen LogP contribution in [0, 0.1) is 0 Å². The Bertz CT molecular complexity index is 509. The number of nitrogen functional groups attached to an aromatic ring is 1. The Kier molecular flexibility index (Phi) is 3.02. The molecule has 2 aromatic rings. The number of aromatic nitrogens is 2. The lowest BCUT2D eigenvalue weighted by atomic mass is 10.1. The molecular formula is C14H18N4. The molecule has 0 unspecified atom stereocenters. The summed E-state index contributed by atoms with van der Waals surface area (Å²) in [6, 6.07) is 10.5. The molecule has 0 radical (unpaired) electrons. The highest BCUT2D eigenvalue weighted by atomic mass is 15.2. The van der Waals surface area contributed by atoms with Crippen LogP contribution < -0.4 is 5.73 Å². The molecule has 18 heavy (non-hydrogen) atoms. The van der Waals surface area contributed by atoms with E-state index in [0.717, 1.165) is 17.8 Å². The number of hydrogen-bond donors (Lipinski definition) is 2. The smallest absolute Gasteiger partial charge is 0.145 e. The molecule has 2 heterocycles. The van der Waals surface area contributed by atoms with Gasteiger partial charge in [0, 0.05) is 12.6 Å². The van der Waals surface area contributed by atoms with Gasteiger partial charge in [-0.2, -0.15) is 5.10 Å². The number of likely N-dealkylation sites (tertiary alicyclic amines) is 1. The standard InChI is InChI=1S/C14H18N4/c15-14-9-13(16-17-14)12-5-3-11(4-6-12)10-18-7-1-2-8-18/h3-6,9H,1-2,7-8,10H2,(H3,15,16,17). The van der Waals surface area contributed by atoms with Gasteiger partial charge in [0.15, 0.2) is 0 Å². The molecule has 3 rings (SSSR count). The molecule has 4 nitrogen and oxygen atoms in total. The summed E-state index contributed by atoms with van der Waals surface area (Å²) < 4.78 is 0. The number of aromatic amines is 1. The molecule has 1 aliphatic heterocycles. The van der Waals surface area contributed by atoms with E-state index in [1.807, 2.05) is 6.07 Å². The summed E-state index contributed by atoms with van der Waals surface area (Å²) in [5, 5.41) is 6.87. The van der Waals surface area contributed by atoms with Crippen LogP contribution in [0.15, 0.2) is 30.3 Å². The molecule has 0 atom stereocenters. The average Bonchev–Trinajstić information content (AvgIpc) is 3.02. The normalized spacial score (nSPS) is 16.2. The number of nitrogens with one attached hydrogen (secondary N) is 1. The van der Waals surface area contributed by atoms with Gasteiger partial charge >= 0.3 is 0 Å². The van der Waals surface area contributed by atoms with Gasteiger partial charge in [-0.05, 0) is 37.1 Å². The van der Waals surface area contributed by atoms with Gasteiger partial charge in [-0.3, -0.25) is 10.00 Å². The number of nitrogens with two attached hydrogens (primary N) is 1. The molecule has 1 saturated heterocycles. The van der Waals surface area contributed by atoms with E-state index in [4.69, 9.17) is 5.73 Å². The second-order valence-electron chi connectivity index (χ2n) is 4.89. The first-order valence-electron chi connectivity index (χ1n) is 6.44. The van der Waals surface area contributed by atoms with E-state index in [1.165, 1.54) is 31.5 Å². The zero-order chi connectivity index (χ0) is 12.4. The first-order valence-corrected chi connectivity index (χ1v) is 6.44. The summed E-state index contributed by atoms with van der Waals surface area (Å²) in [4.78, 5) is 2.50. The first kappa shape index (κ1) is 11.3. The molecule has 0 amide bonds. The van der Waals surface area contributed by atoms with E-state index in [2.05, 4.69) is 39.4 Å². The van der Waals surface area contributed by atoms with Crippen molar-refractivity contribution in [2.75, 3.05) is 18.8 Å². The maximum atomic E-state index is 5.61. The van der Waals surface area contributed by atoms with Crippen LogP contribution in [0.2, 0.25) is 0 Å². The Morgan fingerprint density at radius 2 is 1.89 bits per heavy atom. The Hall–Kier alpha value is -1.81. The molecular weight excluding hydrogens is 224 g/mol. The third-order valence-electron chi connectivity index (χ3n) is 3.47. The van der Waals surface area contributed by atoms with Crippen molar-refractivity contribution in [1.29, 1.82) is 0 Å². The lowest BCUT2D eigenvalue weighted by molar-refractivity contribution is 0.331. The van der Waals surface area contributed by atoms with Crippen LogP contribution >= 0.6 is 0 Å². The van der Waals surface area contributed by atoms with Crippen molar-refractivity contribution in [1.82, 2.24) is 15.1 Å². The molecule has 3 N–H and O–H groups in total. The fourth-order valence-electron chi connectivity index (χ4n) is 2.47. The van der Waals surface area contributed by atoms with E-state index < -0.39 is 0 Å². The van der Waals surface area contributed by atoms with E-state index in [1.54, 1.807) is 0 Å². The Balaban J connectivity index is 1.72. The molecule has 4 heteroatoms. The molecule has 1 aromatic heterocycles. The second-order valence-corrected chi connectivity index (χ2v) is 4.89. The van der Waals surface area contributed by atoms with Crippen molar-refractivity contribution in [3.63, 3.8) is 0 Å². The average molecular weight is 242 g/mol. The third-order valence-corrected chi connectivity index (χ3v) is 3.47. The number of hydrogen-bond acceptors (Lipinski definition) is 3. The minimum Gasteiger partial charge on any atom is -0.382 e. The Labute approximate surface area is 107 Å². The van der Waals surface area contributed by atoms with Gasteiger partial charge in [-0.15, -0.1) is 0 Å². The molecule has 1 aromatic carbocycles. The van der Waals surface area contributed by atoms with E-state index in [-0.39, 0.29) is 0 Å². The van der Waals surface area contributed by atoms with Crippen molar-refractivity contribution in [2.24, 2.45) is 0 Å². The van der Waals surface area contributed by atoms with Crippen molar-refractivity contribution in [2.45, 2.75) is 19.4 Å². The number of nitrogens with zero attached hydrogens (tertiary/aromatic N) is 2. The van der Waals surface area contributed by atoms with Gasteiger partial charge in [0.1, 0.15) is 5.82 Å². The van der Waals surface area contributed by atoms with Crippen LogP contribution in [0.25, 0.3) is 11.3 Å². The second kappa shape index (κ2) is 4.82. The molecule has 0 saturated carbocycles. The van der Waals surface area contributed by atoms with Gasteiger partial charge in [-0.1, -0.05) is 24.3 Å². The monoisotopic (exact) mass is 242 g/mol. The van der Waals surface area contributed by atoms with Gasteiger partial charge in [0.05, 0.1) is 5.69 Å². The summed E-state index contributed by atoms with van der Waals surface area (Å²) in [6.07, 6.45) is 2.68. The highest BCUT2D eigenvalue weighted by Gasteiger charge is 2.11. The molecule has 94 valence electrons. The number of rotatable bonds is 3. The quantitative estimate of drug-likeness (QED) is 0.868. The van der Waals surface area contributed by atoms with Crippen molar-refractivity contribution >= 4 is 5.82 Å². The molecule has 1 aliphatic rings. The fourth-order valence-corrected chi connectivity index (χ4v) is 2.47. The summed E-state index contributed by atoms with van der Waals surface area (Å²) in [6.45, 7) is 3.53. The SMILES string of the molecule is Nc1cc(-c2ccc(CN3CCCC3)cc2)[nH]n1. The van der Waals surface area contributed by atoms with Crippen LogP contribution in [0.5, 0.6) is 0 Å². The summed E-state index contributed by atoms with van der Waals surface area (Å²) >= 11 is 0. The van der Waals surface area contributed by atoms with Crippen LogP contribution in [0.3, 0.4) is 0 Å². The molecule has 0 aliphatic carbocycles. The first-order chi connectivity index (χ1) is 8.81. The fraction of sp³-hybridized carbons (Fsp3) is 0.357.